The van der Waals surface area contributed by atoms with Crippen molar-refractivity contribution in [3.63, 3.8) is 0 Å². The molecule has 2 N–H and O–H groups in total. The minimum absolute atomic E-state index is 0.434. The summed E-state index contributed by atoms with van der Waals surface area (Å²) in [6, 6.07) is 14.2. The van der Waals surface area contributed by atoms with Gasteiger partial charge in [0.2, 0.25) is 0 Å². The Labute approximate surface area is 134 Å². The number of hydrogen-bond donors (Lipinski definition) is 1. The van der Waals surface area contributed by atoms with E-state index in [1.54, 1.807) is 11.3 Å². The molecule has 22 heavy (non-hydrogen) atoms. The Kier molecular flexibility index (Phi) is 4.56. The fourth-order valence-corrected chi connectivity index (χ4v) is 2.96. The molecule has 0 saturated carbocycles. The maximum Gasteiger partial charge on any atom is 0.119 e. The predicted molar refractivity (Wildman–Crippen MR) is 90.6 cm³/mol. The van der Waals surface area contributed by atoms with Crippen molar-refractivity contribution in [3.05, 3.63) is 53.5 Å². The summed E-state index contributed by atoms with van der Waals surface area (Å²) in [5, 5.41) is 6.67. The second-order valence-corrected chi connectivity index (χ2v) is 5.90. The van der Waals surface area contributed by atoms with Crippen LogP contribution in [-0.2, 0) is 6.54 Å². The van der Waals surface area contributed by atoms with Crippen LogP contribution in [-0.4, -0.2) is 16.4 Å². The highest BCUT2D eigenvalue weighted by Gasteiger charge is 2.12. The molecular formula is C17H19N3OS. The molecule has 2 aromatic heterocycles. The van der Waals surface area contributed by atoms with Crippen molar-refractivity contribution >= 4 is 11.3 Å². The van der Waals surface area contributed by atoms with Crippen molar-refractivity contribution < 1.29 is 4.74 Å². The Bertz CT molecular complexity index is 717. The Balaban J connectivity index is 1.95. The molecule has 3 aromatic rings. The van der Waals surface area contributed by atoms with Gasteiger partial charge in [-0.2, -0.15) is 5.10 Å². The molecule has 2 heterocycles. The Hall–Kier alpha value is -2.11. The second-order valence-electron chi connectivity index (χ2n) is 4.96. The van der Waals surface area contributed by atoms with Gasteiger partial charge in [-0.25, -0.2) is 4.68 Å². The molecule has 0 radical (unpaired) electrons. The quantitative estimate of drug-likeness (QED) is 0.752. The number of nitrogens with two attached hydrogens (primary N) is 1. The normalized spacial score (nSPS) is 10.8. The summed E-state index contributed by atoms with van der Waals surface area (Å²) in [5.41, 5.74) is 8.71. The van der Waals surface area contributed by atoms with E-state index in [2.05, 4.69) is 23.5 Å². The van der Waals surface area contributed by atoms with Crippen LogP contribution in [0.25, 0.3) is 16.3 Å². The van der Waals surface area contributed by atoms with E-state index in [0.29, 0.717) is 6.54 Å². The van der Waals surface area contributed by atoms with Crippen LogP contribution in [0.5, 0.6) is 5.75 Å². The van der Waals surface area contributed by atoms with Gasteiger partial charge in [0.05, 0.1) is 28.6 Å². The van der Waals surface area contributed by atoms with E-state index >= 15 is 0 Å². The van der Waals surface area contributed by atoms with Crippen LogP contribution >= 0.6 is 11.3 Å². The fraction of sp³-hybridized carbons (Fsp3) is 0.235. The molecule has 0 spiro atoms. The molecule has 0 saturated heterocycles. The van der Waals surface area contributed by atoms with Crippen LogP contribution in [0.4, 0.5) is 0 Å². The maximum absolute atomic E-state index is 5.75. The summed E-state index contributed by atoms with van der Waals surface area (Å²) in [4.78, 5) is 1.18. The largest absolute Gasteiger partial charge is 0.494 e. The fourth-order valence-electron chi connectivity index (χ4n) is 2.23. The first-order valence-corrected chi connectivity index (χ1v) is 8.26. The first kappa shape index (κ1) is 14.8. The Morgan fingerprint density at radius 2 is 2.05 bits per heavy atom. The predicted octanol–water partition coefficient (Wildman–Crippen LogP) is 3.85. The molecule has 0 aliphatic rings. The van der Waals surface area contributed by atoms with Crippen LogP contribution in [0.3, 0.4) is 0 Å². The molecule has 0 amide bonds. The van der Waals surface area contributed by atoms with Gasteiger partial charge in [-0.05, 0) is 48.2 Å². The summed E-state index contributed by atoms with van der Waals surface area (Å²) in [5.74, 6) is 0.884. The summed E-state index contributed by atoms with van der Waals surface area (Å²) in [7, 11) is 0. The number of aromatic nitrogens is 2. The first-order chi connectivity index (χ1) is 10.8. The van der Waals surface area contributed by atoms with Gasteiger partial charge < -0.3 is 10.5 Å². The van der Waals surface area contributed by atoms with Crippen LogP contribution < -0.4 is 10.5 Å². The van der Waals surface area contributed by atoms with Gasteiger partial charge in [0, 0.05) is 6.54 Å². The molecular weight excluding hydrogens is 294 g/mol. The summed E-state index contributed by atoms with van der Waals surface area (Å²) in [6.45, 7) is 3.27. The lowest BCUT2D eigenvalue weighted by Crippen LogP contribution is -2.02. The molecule has 0 atom stereocenters. The van der Waals surface area contributed by atoms with Crippen molar-refractivity contribution in [2.45, 2.75) is 19.9 Å². The van der Waals surface area contributed by atoms with E-state index < -0.39 is 0 Å². The number of benzene rings is 1. The average molecular weight is 313 g/mol. The molecule has 3 rings (SSSR count). The number of rotatable bonds is 6. The van der Waals surface area contributed by atoms with Crippen molar-refractivity contribution in [1.29, 1.82) is 0 Å². The Morgan fingerprint density at radius 3 is 2.68 bits per heavy atom. The molecule has 0 fully saturated rings. The smallest absolute Gasteiger partial charge is 0.119 e. The average Bonchev–Trinajstić information content (AvgIpc) is 3.22. The third-order valence-corrected chi connectivity index (χ3v) is 4.19. The van der Waals surface area contributed by atoms with Gasteiger partial charge in [-0.15, -0.1) is 11.3 Å². The minimum Gasteiger partial charge on any atom is -0.494 e. The molecule has 1 aromatic carbocycles. The topological polar surface area (TPSA) is 53.1 Å². The third-order valence-electron chi connectivity index (χ3n) is 3.30. The molecule has 0 aliphatic heterocycles. The van der Waals surface area contributed by atoms with Crippen LogP contribution in [0.15, 0.2) is 47.8 Å². The van der Waals surface area contributed by atoms with Crippen molar-refractivity contribution in [2.24, 2.45) is 5.73 Å². The van der Waals surface area contributed by atoms with Crippen molar-refractivity contribution in [1.82, 2.24) is 9.78 Å². The zero-order chi connectivity index (χ0) is 15.4. The molecule has 0 bridgehead atoms. The van der Waals surface area contributed by atoms with E-state index in [0.717, 1.165) is 35.9 Å². The van der Waals surface area contributed by atoms with E-state index in [1.807, 2.05) is 41.1 Å². The molecule has 5 heteroatoms. The van der Waals surface area contributed by atoms with Crippen LogP contribution in [0, 0.1) is 0 Å². The van der Waals surface area contributed by atoms with Gasteiger partial charge in [0.1, 0.15) is 5.75 Å². The minimum atomic E-state index is 0.434. The monoisotopic (exact) mass is 313 g/mol. The molecule has 114 valence electrons. The Morgan fingerprint density at radius 1 is 1.23 bits per heavy atom. The zero-order valence-electron chi connectivity index (χ0n) is 12.5. The van der Waals surface area contributed by atoms with Gasteiger partial charge in [0.15, 0.2) is 0 Å². The van der Waals surface area contributed by atoms with Crippen LogP contribution in [0.1, 0.15) is 19.0 Å². The summed E-state index contributed by atoms with van der Waals surface area (Å²) in [6.07, 6.45) is 1.00. The summed E-state index contributed by atoms with van der Waals surface area (Å²) >= 11 is 1.70. The standard InChI is InChI=1S/C17H19N3OS/c1-2-9-21-15-7-5-14(6-8-15)20-16(11-13(12-18)19-20)17-4-3-10-22-17/h3-8,10-11H,2,9,12,18H2,1H3. The molecule has 4 nitrogen and oxygen atoms in total. The van der Waals surface area contributed by atoms with Crippen molar-refractivity contribution in [2.75, 3.05) is 6.61 Å². The number of hydrogen-bond acceptors (Lipinski definition) is 4. The van der Waals surface area contributed by atoms with Gasteiger partial charge >= 0.3 is 0 Å². The summed E-state index contributed by atoms with van der Waals surface area (Å²) < 4.78 is 7.57. The van der Waals surface area contributed by atoms with Gasteiger partial charge in [-0.1, -0.05) is 13.0 Å². The maximum atomic E-state index is 5.75. The lowest BCUT2D eigenvalue weighted by molar-refractivity contribution is 0.317. The van der Waals surface area contributed by atoms with Crippen molar-refractivity contribution in [3.8, 4) is 22.0 Å². The van der Waals surface area contributed by atoms with Gasteiger partial charge in [0.25, 0.3) is 0 Å². The van der Waals surface area contributed by atoms with Crippen LogP contribution in [0.2, 0.25) is 0 Å². The highest BCUT2D eigenvalue weighted by atomic mass is 32.1. The van der Waals surface area contributed by atoms with E-state index in [9.17, 15) is 0 Å². The van der Waals surface area contributed by atoms with E-state index in [4.69, 9.17) is 10.5 Å². The van der Waals surface area contributed by atoms with Gasteiger partial charge in [-0.3, -0.25) is 0 Å². The molecule has 0 aliphatic carbocycles. The first-order valence-electron chi connectivity index (χ1n) is 7.38. The number of nitrogens with zero attached hydrogens (tertiary/aromatic N) is 2. The number of thiophene rings is 1. The zero-order valence-corrected chi connectivity index (χ0v) is 13.3. The van der Waals surface area contributed by atoms with E-state index in [1.165, 1.54) is 4.88 Å². The SMILES string of the molecule is CCCOc1ccc(-n2nc(CN)cc2-c2cccs2)cc1. The second kappa shape index (κ2) is 6.77. The van der Waals surface area contributed by atoms with E-state index in [-0.39, 0.29) is 0 Å². The lowest BCUT2D eigenvalue weighted by atomic mass is 10.2. The number of ether oxygens (including phenoxy) is 1. The third kappa shape index (κ3) is 3.05. The highest BCUT2D eigenvalue weighted by Crippen LogP contribution is 2.28. The molecule has 0 unspecified atom stereocenters. The lowest BCUT2D eigenvalue weighted by Gasteiger charge is -2.08. The highest BCUT2D eigenvalue weighted by molar-refractivity contribution is 7.13.